The second kappa shape index (κ2) is 5.38. The third-order valence-electron chi connectivity index (χ3n) is 4.68. The minimum Gasteiger partial charge on any atom is -0.355 e. The highest BCUT2D eigenvalue weighted by Gasteiger charge is 2.37. The third-order valence-corrected chi connectivity index (χ3v) is 4.68. The van der Waals surface area contributed by atoms with Crippen LogP contribution in [0.3, 0.4) is 0 Å². The largest absolute Gasteiger partial charge is 0.355 e. The molecule has 0 aromatic heterocycles. The van der Waals surface area contributed by atoms with Crippen molar-refractivity contribution >= 4 is 5.91 Å². The van der Waals surface area contributed by atoms with Crippen LogP contribution in [-0.2, 0) is 4.79 Å². The molecule has 1 aliphatic carbocycles. The summed E-state index contributed by atoms with van der Waals surface area (Å²) in [6.07, 6.45) is 6.31. The van der Waals surface area contributed by atoms with Crippen molar-refractivity contribution in [1.82, 2.24) is 10.6 Å². The van der Waals surface area contributed by atoms with Gasteiger partial charge < -0.3 is 10.6 Å². The van der Waals surface area contributed by atoms with Crippen LogP contribution in [-0.4, -0.2) is 25.5 Å². The molecule has 2 aliphatic rings. The Morgan fingerprint density at radius 1 is 1.29 bits per heavy atom. The first-order valence-electron chi connectivity index (χ1n) is 7.09. The average Bonchev–Trinajstić information content (AvgIpc) is 2.28. The summed E-state index contributed by atoms with van der Waals surface area (Å²) in [5.74, 6) is 1.48. The number of carbonyl (C=O) groups excluding carboxylic acids is 1. The second-order valence-corrected chi connectivity index (χ2v) is 6.27. The number of amides is 1. The van der Waals surface area contributed by atoms with E-state index in [2.05, 4.69) is 24.5 Å². The molecule has 3 nitrogen and oxygen atoms in total. The molecule has 1 unspecified atom stereocenters. The maximum Gasteiger partial charge on any atom is 0.225 e. The quantitative estimate of drug-likeness (QED) is 0.786. The van der Waals surface area contributed by atoms with Gasteiger partial charge in [-0.25, -0.2) is 0 Å². The lowest BCUT2D eigenvalue weighted by molar-refractivity contribution is -0.132. The van der Waals surface area contributed by atoms with E-state index in [4.69, 9.17) is 0 Å². The van der Waals surface area contributed by atoms with Gasteiger partial charge >= 0.3 is 0 Å². The Morgan fingerprint density at radius 3 is 2.59 bits per heavy atom. The molecule has 0 aromatic rings. The van der Waals surface area contributed by atoms with Crippen molar-refractivity contribution in [3.8, 4) is 0 Å². The Kier molecular flexibility index (Phi) is 4.08. The maximum atomic E-state index is 12.3. The number of hydrogen-bond acceptors (Lipinski definition) is 2. The van der Waals surface area contributed by atoms with Crippen LogP contribution in [0.15, 0.2) is 0 Å². The molecule has 17 heavy (non-hydrogen) atoms. The predicted molar refractivity (Wildman–Crippen MR) is 69.7 cm³/mol. The van der Waals surface area contributed by atoms with Crippen molar-refractivity contribution in [3.05, 3.63) is 0 Å². The number of hydrogen-bond donors (Lipinski definition) is 2. The van der Waals surface area contributed by atoms with Crippen LogP contribution < -0.4 is 10.6 Å². The topological polar surface area (TPSA) is 41.1 Å². The van der Waals surface area contributed by atoms with Crippen LogP contribution in [0.25, 0.3) is 0 Å². The van der Waals surface area contributed by atoms with Gasteiger partial charge in [-0.15, -0.1) is 0 Å². The van der Waals surface area contributed by atoms with Gasteiger partial charge in [0, 0.05) is 12.0 Å². The maximum absolute atomic E-state index is 12.3. The van der Waals surface area contributed by atoms with Gasteiger partial charge in [-0.3, -0.25) is 4.79 Å². The first-order chi connectivity index (χ1) is 8.10. The van der Waals surface area contributed by atoms with Crippen molar-refractivity contribution < 1.29 is 4.79 Å². The monoisotopic (exact) mass is 238 g/mol. The summed E-state index contributed by atoms with van der Waals surface area (Å²) < 4.78 is 0. The molecule has 1 heterocycles. The van der Waals surface area contributed by atoms with Gasteiger partial charge in [0.25, 0.3) is 0 Å². The summed E-state index contributed by atoms with van der Waals surface area (Å²) in [5.41, 5.74) is -0.225. The molecule has 0 aromatic carbocycles. The van der Waals surface area contributed by atoms with Crippen molar-refractivity contribution in [3.63, 3.8) is 0 Å². The van der Waals surface area contributed by atoms with E-state index in [1.165, 1.54) is 32.1 Å². The molecule has 3 heteroatoms. The highest BCUT2D eigenvalue weighted by atomic mass is 16.2. The normalized spacial score (nSPS) is 26.4. The van der Waals surface area contributed by atoms with Gasteiger partial charge in [-0.05, 0) is 50.6 Å². The molecule has 1 aliphatic heterocycles. The Bertz CT molecular complexity index is 265. The van der Waals surface area contributed by atoms with Gasteiger partial charge in [0.15, 0.2) is 0 Å². The lowest BCUT2D eigenvalue weighted by Gasteiger charge is -2.37. The first-order valence-corrected chi connectivity index (χ1v) is 7.09. The summed E-state index contributed by atoms with van der Waals surface area (Å²) in [5, 5.41) is 6.56. The van der Waals surface area contributed by atoms with Gasteiger partial charge in [0.1, 0.15) is 0 Å². The van der Waals surface area contributed by atoms with Crippen LogP contribution in [0, 0.1) is 17.3 Å². The van der Waals surface area contributed by atoms with E-state index in [0.717, 1.165) is 25.6 Å². The lowest BCUT2D eigenvalue weighted by atomic mass is 9.74. The zero-order chi connectivity index (χ0) is 12.3. The smallest absolute Gasteiger partial charge is 0.225 e. The van der Waals surface area contributed by atoms with Crippen LogP contribution in [0.5, 0.6) is 0 Å². The molecule has 2 N–H and O–H groups in total. The fourth-order valence-electron chi connectivity index (χ4n) is 2.81. The number of rotatable bonds is 4. The molecule has 1 saturated heterocycles. The van der Waals surface area contributed by atoms with Gasteiger partial charge in [-0.1, -0.05) is 20.3 Å². The Morgan fingerprint density at radius 2 is 2.06 bits per heavy atom. The summed E-state index contributed by atoms with van der Waals surface area (Å²) in [4.78, 5) is 12.3. The van der Waals surface area contributed by atoms with Crippen molar-refractivity contribution in [2.24, 2.45) is 17.3 Å². The second-order valence-electron chi connectivity index (χ2n) is 6.27. The van der Waals surface area contributed by atoms with Crippen molar-refractivity contribution in [2.75, 3.05) is 19.6 Å². The van der Waals surface area contributed by atoms with Crippen LogP contribution in [0.1, 0.15) is 46.0 Å². The highest BCUT2D eigenvalue weighted by molar-refractivity contribution is 5.82. The molecular weight excluding hydrogens is 212 g/mol. The molecule has 1 amide bonds. The summed E-state index contributed by atoms with van der Waals surface area (Å²) in [7, 11) is 0. The number of carbonyl (C=O) groups is 1. The predicted octanol–water partition coefficient (Wildman–Crippen LogP) is 1.93. The standard InChI is InChI=1S/C14H26N2O/c1-14(2,12-7-4-8-15-10-12)13(17)16-9-11-5-3-6-11/h11-12,15H,3-10H2,1-2H3,(H,16,17). The van der Waals surface area contributed by atoms with Crippen LogP contribution in [0.4, 0.5) is 0 Å². The molecule has 2 fully saturated rings. The molecule has 0 radical (unpaired) electrons. The van der Waals surface area contributed by atoms with E-state index in [1.54, 1.807) is 0 Å². The molecule has 98 valence electrons. The van der Waals surface area contributed by atoms with Crippen LogP contribution >= 0.6 is 0 Å². The Labute approximate surface area is 105 Å². The SMILES string of the molecule is CC(C)(C(=O)NCC1CCC1)C1CCCNC1. The Hall–Kier alpha value is -0.570. The Balaban J connectivity index is 1.81. The van der Waals surface area contributed by atoms with Crippen molar-refractivity contribution in [2.45, 2.75) is 46.0 Å². The summed E-state index contributed by atoms with van der Waals surface area (Å²) in [6, 6.07) is 0. The zero-order valence-corrected chi connectivity index (χ0v) is 11.2. The fraction of sp³-hybridized carbons (Fsp3) is 0.929. The van der Waals surface area contributed by atoms with E-state index in [9.17, 15) is 4.79 Å². The van der Waals surface area contributed by atoms with E-state index in [1.807, 2.05) is 0 Å². The number of nitrogens with one attached hydrogen (secondary N) is 2. The van der Waals surface area contributed by atoms with E-state index < -0.39 is 0 Å². The van der Waals surface area contributed by atoms with Crippen LogP contribution in [0.2, 0.25) is 0 Å². The number of piperidine rings is 1. The van der Waals surface area contributed by atoms with E-state index >= 15 is 0 Å². The fourth-order valence-corrected chi connectivity index (χ4v) is 2.81. The van der Waals surface area contributed by atoms with Crippen molar-refractivity contribution in [1.29, 1.82) is 0 Å². The van der Waals surface area contributed by atoms with E-state index in [-0.39, 0.29) is 11.3 Å². The first kappa shape index (κ1) is 12.9. The molecule has 0 bridgehead atoms. The minimum absolute atomic E-state index is 0.225. The van der Waals surface area contributed by atoms with Gasteiger partial charge in [0.05, 0.1) is 0 Å². The molecule has 0 spiro atoms. The molecule has 1 atom stereocenters. The summed E-state index contributed by atoms with van der Waals surface area (Å²) >= 11 is 0. The summed E-state index contributed by atoms with van der Waals surface area (Å²) in [6.45, 7) is 7.18. The van der Waals surface area contributed by atoms with Gasteiger partial charge in [0.2, 0.25) is 5.91 Å². The molecule has 2 rings (SSSR count). The van der Waals surface area contributed by atoms with E-state index in [0.29, 0.717) is 5.92 Å². The lowest BCUT2D eigenvalue weighted by Crippen LogP contribution is -2.48. The third kappa shape index (κ3) is 3.01. The molecule has 1 saturated carbocycles. The molecular formula is C14H26N2O. The van der Waals surface area contributed by atoms with Gasteiger partial charge in [-0.2, -0.15) is 0 Å². The zero-order valence-electron chi connectivity index (χ0n) is 11.2. The average molecular weight is 238 g/mol. The highest BCUT2D eigenvalue weighted by Crippen LogP contribution is 2.32. The minimum atomic E-state index is -0.225.